The third-order valence-corrected chi connectivity index (χ3v) is 4.61. The van der Waals surface area contributed by atoms with Gasteiger partial charge < -0.3 is 5.73 Å². The van der Waals surface area contributed by atoms with E-state index in [-0.39, 0.29) is 5.25 Å². The van der Waals surface area contributed by atoms with Crippen molar-refractivity contribution >= 4 is 28.1 Å². The van der Waals surface area contributed by atoms with Crippen molar-refractivity contribution in [2.45, 2.75) is 25.1 Å². The maximum absolute atomic E-state index is 11.4. The predicted octanol–water partition coefficient (Wildman–Crippen LogP) is 1.73. The lowest BCUT2D eigenvalue weighted by molar-refractivity contribution is 0.556. The number of nitrogens with two attached hydrogens (primary N) is 1. The zero-order valence-corrected chi connectivity index (χ0v) is 12.9. The number of tetrazole rings is 1. The molecule has 0 aliphatic rings. The molecule has 2 aromatic rings. The second kappa shape index (κ2) is 6.32. The van der Waals surface area contributed by atoms with E-state index in [1.807, 2.05) is 6.92 Å². The molecule has 0 bridgehead atoms. The summed E-state index contributed by atoms with van der Waals surface area (Å²) in [6.07, 6.45) is 2.43. The van der Waals surface area contributed by atoms with Crippen LogP contribution in [0.2, 0.25) is 5.02 Å². The molecule has 0 spiro atoms. The van der Waals surface area contributed by atoms with E-state index in [0.717, 1.165) is 12.0 Å². The van der Waals surface area contributed by atoms with Gasteiger partial charge in [-0.2, -0.15) is 0 Å². The maximum atomic E-state index is 11.4. The lowest BCUT2D eigenvalue weighted by Crippen LogP contribution is -2.14. The summed E-state index contributed by atoms with van der Waals surface area (Å²) in [5, 5.41) is 12.3. The molecule has 108 valence electrons. The summed E-state index contributed by atoms with van der Waals surface area (Å²) in [5.74, 6) is 0.605. The summed E-state index contributed by atoms with van der Waals surface area (Å²) < 4.78 is 13.0. The van der Waals surface area contributed by atoms with E-state index in [9.17, 15) is 4.21 Å². The first kappa shape index (κ1) is 14.9. The molecule has 1 aromatic carbocycles. The molecule has 1 aromatic heterocycles. The number of benzene rings is 1. The highest BCUT2D eigenvalue weighted by Gasteiger charge is 2.13. The SMILES string of the molecule is CC(CCn1nnnc1-c1cc(N)cc(Cl)c1)S(C)=O. The van der Waals surface area contributed by atoms with Crippen LogP contribution < -0.4 is 5.73 Å². The average Bonchev–Trinajstić information content (AvgIpc) is 2.82. The molecule has 0 radical (unpaired) electrons. The number of hydrogen-bond acceptors (Lipinski definition) is 5. The first-order chi connectivity index (χ1) is 9.47. The van der Waals surface area contributed by atoms with Gasteiger partial charge in [-0.05, 0) is 35.0 Å². The van der Waals surface area contributed by atoms with Crippen LogP contribution in [0.25, 0.3) is 11.4 Å². The van der Waals surface area contributed by atoms with Gasteiger partial charge >= 0.3 is 0 Å². The van der Waals surface area contributed by atoms with E-state index in [2.05, 4.69) is 15.5 Å². The van der Waals surface area contributed by atoms with Gasteiger partial charge in [0.1, 0.15) is 0 Å². The monoisotopic (exact) mass is 313 g/mol. The number of aryl methyl sites for hydroxylation is 1. The second-order valence-corrected chi connectivity index (χ2v) is 6.84. The quantitative estimate of drug-likeness (QED) is 0.849. The average molecular weight is 314 g/mol. The molecule has 0 fully saturated rings. The van der Waals surface area contributed by atoms with Crippen molar-refractivity contribution in [3.63, 3.8) is 0 Å². The van der Waals surface area contributed by atoms with Crippen molar-refractivity contribution < 1.29 is 4.21 Å². The van der Waals surface area contributed by atoms with Crippen molar-refractivity contribution in [1.29, 1.82) is 0 Å². The minimum absolute atomic E-state index is 0.0940. The van der Waals surface area contributed by atoms with E-state index in [1.165, 1.54) is 0 Å². The summed E-state index contributed by atoms with van der Waals surface area (Å²) in [6.45, 7) is 2.53. The molecule has 0 aliphatic carbocycles. The van der Waals surface area contributed by atoms with Gasteiger partial charge in [-0.1, -0.05) is 18.5 Å². The Labute approximate surface area is 124 Å². The topological polar surface area (TPSA) is 86.7 Å². The summed E-state index contributed by atoms with van der Waals surface area (Å²) >= 11 is 5.99. The third-order valence-electron chi connectivity index (χ3n) is 3.02. The Hall–Kier alpha value is -1.47. The van der Waals surface area contributed by atoms with Crippen LogP contribution in [-0.4, -0.2) is 35.9 Å². The number of nitrogens with zero attached hydrogens (tertiary/aromatic N) is 4. The Morgan fingerprint density at radius 3 is 2.85 bits per heavy atom. The minimum atomic E-state index is -0.853. The highest BCUT2D eigenvalue weighted by molar-refractivity contribution is 7.84. The minimum Gasteiger partial charge on any atom is -0.399 e. The van der Waals surface area contributed by atoms with E-state index in [4.69, 9.17) is 17.3 Å². The highest BCUT2D eigenvalue weighted by atomic mass is 35.5. The Morgan fingerprint density at radius 1 is 1.45 bits per heavy atom. The fraction of sp³-hybridized carbons (Fsp3) is 0.417. The molecule has 0 saturated heterocycles. The van der Waals surface area contributed by atoms with Gasteiger partial charge in [0.25, 0.3) is 0 Å². The molecular weight excluding hydrogens is 298 g/mol. The zero-order chi connectivity index (χ0) is 14.7. The number of halogens is 1. The van der Waals surface area contributed by atoms with Crippen molar-refractivity contribution in [2.24, 2.45) is 0 Å². The Morgan fingerprint density at radius 2 is 2.20 bits per heavy atom. The van der Waals surface area contributed by atoms with E-state index in [1.54, 1.807) is 29.1 Å². The maximum Gasteiger partial charge on any atom is 0.182 e. The van der Waals surface area contributed by atoms with Gasteiger partial charge in [0.2, 0.25) is 0 Å². The Balaban J connectivity index is 2.22. The smallest absolute Gasteiger partial charge is 0.182 e. The predicted molar refractivity (Wildman–Crippen MR) is 80.8 cm³/mol. The van der Waals surface area contributed by atoms with Crippen LogP contribution >= 0.6 is 11.6 Å². The fourth-order valence-corrected chi connectivity index (χ4v) is 2.45. The fourth-order valence-electron chi connectivity index (χ4n) is 1.77. The van der Waals surface area contributed by atoms with E-state index < -0.39 is 10.8 Å². The molecule has 0 saturated carbocycles. The molecule has 20 heavy (non-hydrogen) atoms. The lowest BCUT2D eigenvalue weighted by atomic mass is 10.2. The third kappa shape index (κ3) is 3.55. The summed E-state index contributed by atoms with van der Waals surface area (Å²) in [7, 11) is -0.853. The number of rotatable bonds is 5. The number of anilines is 1. The van der Waals surface area contributed by atoms with Crippen LogP contribution in [0, 0.1) is 0 Å². The molecule has 2 unspecified atom stereocenters. The summed E-state index contributed by atoms with van der Waals surface area (Å²) in [5.41, 5.74) is 7.10. The van der Waals surface area contributed by atoms with Crippen molar-refractivity contribution in [3.05, 3.63) is 23.2 Å². The molecule has 2 atom stereocenters. The first-order valence-corrected chi connectivity index (χ1v) is 8.12. The Bertz CT molecular complexity index is 610. The number of aromatic nitrogens is 4. The highest BCUT2D eigenvalue weighted by Crippen LogP contribution is 2.24. The molecule has 2 N–H and O–H groups in total. The molecule has 2 rings (SSSR count). The molecular formula is C12H16ClN5OS. The van der Waals surface area contributed by atoms with Crippen LogP contribution in [-0.2, 0) is 17.3 Å². The van der Waals surface area contributed by atoms with Gasteiger partial charge in [0.15, 0.2) is 5.82 Å². The van der Waals surface area contributed by atoms with Crippen molar-refractivity contribution in [2.75, 3.05) is 12.0 Å². The van der Waals surface area contributed by atoms with E-state index >= 15 is 0 Å². The molecule has 1 heterocycles. The summed E-state index contributed by atoms with van der Waals surface area (Å²) in [6, 6.07) is 5.21. The van der Waals surface area contributed by atoms with Crippen LogP contribution in [0.5, 0.6) is 0 Å². The zero-order valence-electron chi connectivity index (χ0n) is 11.3. The van der Waals surface area contributed by atoms with Gasteiger partial charge in [0.05, 0.1) is 0 Å². The van der Waals surface area contributed by atoms with Gasteiger partial charge in [-0.25, -0.2) is 4.68 Å². The van der Waals surface area contributed by atoms with Crippen molar-refractivity contribution in [3.8, 4) is 11.4 Å². The molecule has 8 heteroatoms. The van der Waals surface area contributed by atoms with Crippen LogP contribution in [0.3, 0.4) is 0 Å². The van der Waals surface area contributed by atoms with Crippen LogP contribution in [0.15, 0.2) is 18.2 Å². The van der Waals surface area contributed by atoms with Crippen LogP contribution in [0.4, 0.5) is 5.69 Å². The first-order valence-electron chi connectivity index (χ1n) is 6.12. The normalized spacial score (nSPS) is 14.2. The van der Waals surface area contributed by atoms with E-state index in [0.29, 0.717) is 23.1 Å². The second-order valence-electron chi connectivity index (χ2n) is 4.60. The van der Waals surface area contributed by atoms with Crippen molar-refractivity contribution in [1.82, 2.24) is 20.2 Å². The number of nitrogen functional groups attached to an aromatic ring is 1. The number of hydrogen-bond donors (Lipinski definition) is 1. The van der Waals surface area contributed by atoms with Crippen LogP contribution in [0.1, 0.15) is 13.3 Å². The van der Waals surface area contributed by atoms with Gasteiger partial charge in [-0.15, -0.1) is 5.10 Å². The lowest BCUT2D eigenvalue weighted by Gasteiger charge is -2.09. The molecule has 0 aliphatic heterocycles. The van der Waals surface area contributed by atoms with Gasteiger partial charge in [-0.3, -0.25) is 4.21 Å². The largest absolute Gasteiger partial charge is 0.399 e. The molecule has 0 amide bonds. The summed E-state index contributed by atoms with van der Waals surface area (Å²) in [4.78, 5) is 0. The Kier molecular flexibility index (Phi) is 4.72. The standard InChI is InChI=1S/C12H16ClN5OS/c1-8(20(2)19)3-4-18-12(15-16-17-18)9-5-10(13)7-11(14)6-9/h5-8H,3-4,14H2,1-2H3. The van der Waals surface area contributed by atoms with Gasteiger partial charge in [0, 0.05) is 45.1 Å². The molecule has 6 nitrogen and oxygen atoms in total.